The molecule has 2 N–H and O–H groups in total. The highest BCUT2D eigenvalue weighted by molar-refractivity contribution is 7.90. The Labute approximate surface area is 150 Å². The van der Waals surface area contributed by atoms with Gasteiger partial charge in [-0.25, -0.2) is 13.2 Å². The van der Waals surface area contributed by atoms with E-state index in [9.17, 15) is 22.8 Å². The Bertz CT molecular complexity index is 750. The van der Waals surface area contributed by atoms with Crippen LogP contribution in [0.5, 0.6) is 0 Å². The molecule has 0 saturated carbocycles. The van der Waals surface area contributed by atoms with E-state index in [1.54, 1.807) is 12.1 Å². The second kappa shape index (κ2) is 9.38. The molecule has 10 heteroatoms. The highest BCUT2D eigenvalue weighted by atomic mass is 35.5. The summed E-state index contributed by atoms with van der Waals surface area (Å²) in [4.78, 5) is 35.5. The van der Waals surface area contributed by atoms with Crippen LogP contribution in [-0.2, 0) is 24.2 Å². The smallest absolute Gasteiger partial charge is 0.329 e. The molecule has 1 aromatic rings. The molecule has 0 spiro atoms. The summed E-state index contributed by atoms with van der Waals surface area (Å²) in [6, 6.07) is 4.96. The third kappa shape index (κ3) is 7.53. The van der Waals surface area contributed by atoms with Crippen molar-refractivity contribution in [3.05, 3.63) is 34.9 Å². The molecule has 1 aromatic carbocycles. The van der Waals surface area contributed by atoms with Crippen LogP contribution < -0.4 is 10.6 Å². The summed E-state index contributed by atoms with van der Waals surface area (Å²) in [5.74, 6) is -2.43. The largest absolute Gasteiger partial charge is 0.454 e. The highest BCUT2D eigenvalue weighted by Gasteiger charge is 2.25. The molecular formula is C15H19ClN2O6S. The minimum Gasteiger partial charge on any atom is -0.454 e. The Morgan fingerprint density at radius 3 is 2.44 bits per heavy atom. The van der Waals surface area contributed by atoms with Gasteiger partial charge in [0, 0.05) is 13.3 Å². The van der Waals surface area contributed by atoms with E-state index in [1.165, 1.54) is 19.2 Å². The first-order valence-electron chi connectivity index (χ1n) is 7.24. The Morgan fingerprint density at radius 1 is 1.24 bits per heavy atom. The van der Waals surface area contributed by atoms with Crippen molar-refractivity contribution in [1.29, 1.82) is 0 Å². The van der Waals surface area contributed by atoms with Gasteiger partial charge in [-0.15, -0.1) is 0 Å². The number of benzene rings is 1. The van der Waals surface area contributed by atoms with Crippen LogP contribution in [0.3, 0.4) is 0 Å². The number of halogens is 1. The third-order valence-electron chi connectivity index (χ3n) is 3.11. The van der Waals surface area contributed by atoms with Gasteiger partial charge < -0.3 is 15.4 Å². The number of amides is 2. The van der Waals surface area contributed by atoms with E-state index in [4.69, 9.17) is 16.3 Å². The van der Waals surface area contributed by atoms with Crippen LogP contribution in [0, 0.1) is 0 Å². The lowest BCUT2D eigenvalue weighted by Gasteiger charge is -2.17. The SMILES string of the molecule is CNC(=O)COC(=O)[C@H](CCS(C)(=O)=O)NC(=O)c1ccccc1Cl. The van der Waals surface area contributed by atoms with Gasteiger partial charge in [0.2, 0.25) is 0 Å². The standard InChI is InChI=1S/C15H19ClN2O6S/c1-17-13(19)9-24-15(21)12(7-8-25(2,22)23)18-14(20)10-5-3-4-6-11(10)16/h3-6,12H,7-9H2,1-2H3,(H,17,19)(H,18,20)/t12-/m0/s1. The van der Waals surface area contributed by atoms with Crippen LogP contribution in [0.2, 0.25) is 5.02 Å². The summed E-state index contributed by atoms with van der Waals surface area (Å²) >= 11 is 5.93. The average Bonchev–Trinajstić information content (AvgIpc) is 2.55. The zero-order valence-electron chi connectivity index (χ0n) is 13.7. The van der Waals surface area contributed by atoms with Gasteiger partial charge >= 0.3 is 5.97 Å². The lowest BCUT2D eigenvalue weighted by molar-refractivity contribution is -0.150. The highest BCUT2D eigenvalue weighted by Crippen LogP contribution is 2.15. The Balaban J connectivity index is 2.86. The summed E-state index contributed by atoms with van der Waals surface area (Å²) < 4.78 is 27.5. The first-order chi connectivity index (χ1) is 11.6. The van der Waals surface area contributed by atoms with Crippen molar-refractivity contribution in [3.8, 4) is 0 Å². The minimum absolute atomic E-state index is 0.132. The molecule has 0 heterocycles. The lowest BCUT2D eigenvalue weighted by Crippen LogP contribution is -2.44. The van der Waals surface area contributed by atoms with E-state index >= 15 is 0 Å². The van der Waals surface area contributed by atoms with E-state index in [0.717, 1.165) is 6.26 Å². The number of likely N-dealkylation sites (N-methyl/N-ethyl adjacent to an activating group) is 1. The van der Waals surface area contributed by atoms with E-state index in [2.05, 4.69) is 10.6 Å². The van der Waals surface area contributed by atoms with Crippen LogP contribution in [0.4, 0.5) is 0 Å². The molecule has 25 heavy (non-hydrogen) atoms. The Kier molecular flexibility index (Phi) is 7.85. The van der Waals surface area contributed by atoms with Gasteiger partial charge in [0.05, 0.1) is 16.3 Å². The summed E-state index contributed by atoms with van der Waals surface area (Å²) in [6.45, 7) is -0.535. The molecule has 0 bridgehead atoms. The number of nitrogens with one attached hydrogen (secondary N) is 2. The molecule has 0 aromatic heterocycles. The fraction of sp³-hybridized carbons (Fsp3) is 0.400. The normalized spacial score (nSPS) is 12.1. The molecule has 138 valence electrons. The van der Waals surface area contributed by atoms with Gasteiger partial charge in [0.1, 0.15) is 15.9 Å². The van der Waals surface area contributed by atoms with Gasteiger partial charge in [-0.2, -0.15) is 0 Å². The van der Waals surface area contributed by atoms with Crippen LogP contribution >= 0.6 is 11.6 Å². The molecule has 0 radical (unpaired) electrons. The monoisotopic (exact) mass is 390 g/mol. The second-order valence-electron chi connectivity index (χ2n) is 5.21. The molecule has 0 saturated heterocycles. The molecule has 0 aliphatic heterocycles. The summed E-state index contributed by atoms with van der Waals surface area (Å²) in [5.41, 5.74) is 0.132. The number of hydrogen-bond donors (Lipinski definition) is 2. The van der Waals surface area contributed by atoms with Gasteiger partial charge in [-0.3, -0.25) is 9.59 Å². The summed E-state index contributed by atoms with van der Waals surface area (Å²) in [7, 11) is -1.99. The maximum Gasteiger partial charge on any atom is 0.329 e. The number of esters is 1. The van der Waals surface area contributed by atoms with Crippen molar-refractivity contribution in [3.63, 3.8) is 0 Å². The average molecular weight is 391 g/mol. The van der Waals surface area contributed by atoms with Gasteiger partial charge in [-0.1, -0.05) is 23.7 Å². The fourth-order valence-electron chi connectivity index (χ4n) is 1.77. The summed E-state index contributed by atoms with van der Waals surface area (Å²) in [6.07, 6.45) is 0.817. The van der Waals surface area contributed by atoms with Crippen LogP contribution in [0.1, 0.15) is 16.8 Å². The molecule has 2 amide bonds. The van der Waals surface area contributed by atoms with Crippen molar-refractivity contribution >= 4 is 39.2 Å². The second-order valence-corrected chi connectivity index (χ2v) is 7.87. The molecule has 0 aliphatic rings. The molecule has 0 unspecified atom stereocenters. The van der Waals surface area contributed by atoms with Crippen LogP contribution in [0.25, 0.3) is 0 Å². The van der Waals surface area contributed by atoms with Gasteiger partial charge in [0.15, 0.2) is 6.61 Å². The van der Waals surface area contributed by atoms with Gasteiger partial charge in [0.25, 0.3) is 11.8 Å². The molecule has 0 fully saturated rings. The van der Waals surface area contributed by atoms with Crippen molar-refractivity contribution in [2.75, 3.05) is 25.7 Å². The topological polar surface area (TPSA) is 119 Å². The summed E-state index contributed by atoms with van der Waals surface area (Å²) in [5, 5.41) is 4.85. The quantitative estimate of drug-likeness (QED) is 0.610. The van der Waals surface area contributed by atoms with E-state index < -0.39 is 40.3 Å². The van der Waals surface area contributed by atoms with Gasteiger partial charge in [-0.05, 0) is 18.6 Å². The number of ether oxygens (including phenoxy) is 1. The fourth-order valence-corrected chi connectivity index (χ4v) is 2.66. The third-order valence-corrected chi connectivity index (χ3v) is 4.42. The number of rotatable bonds is 8. The van der Waals surface area contributed by atoms with E-state index in [1.807, 2.05) is 0 Å². The van der Waals surface area contributed by atoms with Crippen molar-refractivity contribution in [1.82, 2.24) is 10.6 Å². The van der Waals surface area contributed by atoms with Crippen LogP contribution in [0.15, 0.2) is 24.3 Å². The van der Waals surface area contributed by atoms with Crippen molar-refractivity contribution < 1.29 is 27.5 Å². The predicted molar refractivity (Wildman–Crippen MR) is 92.1 cm³/mol. The molecule has 1 rings (SSSR count). The number of carbonyl (C=O) groups is 3. The molecular weight excluding hydrogens is 372 g/mol. The van der Waals surface area contributed by atoms with Crippen molar-refractivity contribution in [2.24, 2.45) is 0 Å². The maximum absolute atomic E-state index is 12.3. The Hall–Kier alpha value is -2.13. The number of sulfone groups is 1. The maximum atomic E-state index is 12.3. The Morgan fingerprint density at radius 2 is 1.88 bits per heavy atom. The van der Waals surface area contributed by atoms with E-state index in [0.29, 0.717) is 0 Å². The molecule has 0 aliphatic carbocycles. The predicted octanol–water partition coefficient (Wildman–Crippen LogP) is 0.162. The number of carbonyl (C=O) groups excluding carboxylic acids is 3. The minimum atomic E-state index is -3.36. The molecule has 1 atom stereocenters. The lowest BCUT2D eigenvalue weighted by atomic mass is 10.1. The zero-order chi connectivity index (χ0) is 19.0. The first-order valence-corrected chi connectivity index (χ1v) is 9.68. The number of hydrogen-bond acceptors (Lipinski definition) is 6. The van der Waals surface area contributed by atoms with Crippen molar-refractivity contribution in [2.45, 2.75) is 12.5 Å². The van der Waals surface area contributed by atoms with E-state index in [-0.39, 0.29) is 22.8 Å². The van der Waals surface area contributed by atoms with Crippen LogP contribution in [-0.4, -0.2) is 57.9 Å². The zero-order valence-corrected chi connectivity index (χ0v) is 15.3. The first kappa shape index (κ1) is 20.9. The molecule has 8 nitrogen and oxygen atoms in total.